The fraction of sp³-hybridized carbons (Fsp3) is 0.889. The number of hydrogen-bond acceptors (Lipinski definition) is 2. The first-order chi connectivity index (χ1) is 5.25. The molecule has 0 amide bonds. The van der Waals surface area contributed by atoms with Gasteiger partial charge in [-0.3, -0.25) is 4.90 Å². The highest BCUT2D eigenvalue weighted by Gasteiger charge is 2.26. The molecular weight excluding hydrogens is 136 g/mol. The Morgan fingerprint density at radius 3 is 2.73 bits per heavy atom. The molecule has 0 aliphatic heterocycles. The largest absolute Gasteiger partial charge is 0.290 e. The first kappa shape index (κ1) is 8.55. The van der Waals surface area contributed by atoms with Crippen LogP contribution < -0.4 is 0 Å². The van der Waals surface area contributed by atoms with Crippen molar-refractivity contribution in [2.45, 2.75) is 32.2 Å². The Bertz CT molecular complexity index is 159. The zero-order valence-electron chi connectivity index (χ0n) is 7.38. The van der Waals surface area contributed by atoms with Crippen LogP contribution in [-0.2, 0) is 0 Å². The maximum Gasteiger partial charge on any atom is 0.0865 e. The molecule has 2 unspecified atom stereocenters. The summed E-state index contributed by atoms with van der Waals surface area (Å²) >= 11 is 0. The SMILES string of the molecule is CC1CCCC1N(C)CC#N. The second kappa shape index (κ2) is 3.73. The van der Waals surface area contributed by atoms with Crippen LogP contribution >= 0.6 is 0 Å². The number of hydrogen-bond donors (Lipinski definition) is 0. The van der Waals surface area contributed by atoms with Crippen molar-refractivity contribution in [2.75, 3.05) is 13.6 Å². The van der Waals surface area contributed by atoms with Crippen LogP contribution in [0, 0.1) is 17.2 Å². The van der Waals surface area contributed by atoms with E-state index >= 15 is 0 Å². The topological polar surface area (TPSA) is 27.0 Å². The fourth-order valence-corrected chi connectivity index (χ4v) is 2.01. The van der Waals surface area contributed by atoms with E-state index in [1.807, 2.05) is 0 Å². The van der Waals surface area contributed by atoms with Gasteiger partial charge in [0.2, 0.25) is 0 Å². The van der Waals surface area contributed by atoms with Crippen LogP contribution in [0.25, 0.3) is 0 Å². The van der Waals surface area contributed by atoms with Gasteiger partial charge in [0.1, 0.15) is 0 Å². The monoisotopic (exact) mass is 152 g/mol. The molecule has 62 valence electrons. The van der Waals surface area contributed by atoms with Gasteiger partial charge in [-0.1, -0.05) is 13.3 Å². The Kier molecular flexibility index (Phi) is 2.90. The predicted octanol–water partition coefficient (Wildman–Crippen LogP) is 1.63. The third-order valence-corrected chi connectivity index (χ3v) is 2.70. The Balaban J connectivity index is 2.40. The van der Waals surface area contributed by atoms with E-state index in [1.54, 1.807) is 0 Å². The van der Waals surface area contributed by atoms with Crippen LogP contribution in [0.15, 0.2) is 0 Å². The summed E-state index contributed by atoms with van der Waals surface area (Å²) in [4.78, 5) is 2.18. The van der Waals surface area contributed by atoms with Gasteiger partial charge >= 0.3 is 0 Å². The van der Waals surface area contributed by atoms with Crippen molar-refractivity contribution >= 4 is 0 Å². The molecule has 2 nitrogen and oxygen atoms in total. The molecule has 0 spiro atoms. The van der Waals surface area contributed by atoms with E-state index in [0.717, 1.165) is 5.92 Å². The van der Waals surface area contributed by atoms with Crippen LogP contribution in [0.1, 0.15) is 26.2 Å². The van der Waals surface area contributed by atoms with Gasteiger partial charge in [-0.15, -0.1) is 0 Å². The van der Waals surface area contributed by atoms with Crippen LogP contribution in [0.3, 0.4) is 0 Å². The third kappa shape index (κ3) is 1.94. The Morgan fingerprint density at radius 2 is 2.27 bits per heavy atom. The quantitative estimate of drug-likeness (QED) is 0.562. The third-order valence-electron chi connectivity index (χ3n) is 2.70. The molecule has 0 bridgehead atoms. The van der Waals surface area contributed by atoms with E-state index in [2.05, 4.69) is 24.9 Å². The van der Waals surface area contributed by atoms with Gasteiger partial charge in [-0.05, 0) is 25.8 Å². The highest BCUT2D eigenvalue weighted by Crippen LogP contribution is 2.28. The minimum atomic E-state index is 0.578. The van der Waals surface area contributed by atoms with Crippen molar-refractivity contribution in [1.82, 2.24) is 4.90 Å². The molecule has 1 aliphatic carbocycles. The highest BCUT2D eigenvalue weighted by molar-refractivity contribution is 4.85. The molecule has 0 aromatic rings. The second-order valence-corrected chi connectivity index (χ2v) is 3.55. The number of nitriles is 1. The smallest absolute Gasteiger partial charge is 0.0865 e. The minimum Gasteiger partial charge on any atom is -0.290 e. The van der Waals surface area contributed by atoms with Gasteiger partial charge < -0.3 is 0 Å². The molecular formula is C9H16N2. The van der Waals surface area contributed by atoms with Crippen molar-refractivity contribution in [3.63, 3.8) is 0 Å². The van der Waals surface area contributed by atoms with Gasteiger partial charge in [-0.25, -0.2) is 0 Å². The summed E-state index contributed by atoms with van der Waals surface area (Å²) in [5.41, 5.74) is 0. The van der Waals surface area contributed by atoms with E-state index in [-0.39, 0.29) is 0 Å². The Hall–Kier alpha value is -0.550. The molecule has 0 heterocycles. The van der Waals surface area contributed by atoms with Gasteiger partial charge in [0.05, 0.1) is 12.6 Å². The first-order valence-corrected chi connectivity index (χ1v) is 4.33. The summed E-state index contributed by atoms with van der Waals surface area (Å²) in [6.07, 6.45) is 3.95. The predicted molar refractivity (Wildman–Crippen MR) is 45.0 cm³/mol. The highest BCUT2D eigenvalue weighted by atomic mass is 15.1. The lowest BCUT2D eigenvalue weighted by molar-refractivity contribution is 0.228. The summed E-state index contributed by atoms with van der Waals surface area (Å²) in [6, 6.07) is 2.85. The second-order valence-electron chi connectivity index (χ2n) is 3.55. The van der Waals surface area contributed by atoms with Crippen molar-refractivity contribution in [1.29, 1.82) is 5.26 Å². The lowest BCUT2D eigenvalue weighted by Crippen LogP contribution is -2.33. The summed E-state index contributed by atoms with van der Waals surface area (Å²) in [5, 5.41) is 8.49. The molecule has 11 heavy (non-hydrogen) atoms. The summed E-state index contributed by atoms with van der Waals surface area (Å²) in [5.74, 6) is 0.786. The summed E-state index contributed by atoms with van der Waals surface area (Å²) in [6.45, 7) is 2.86. The first-order valence-electron chi connectivity index (χ1n) is 4.33. The van der Waals surface area contributed by atoms with E-state index in [9.17, 15) is 0 Å². The van der Waals surface area contributed by atoms with Crippen molar-refractivity contribution < 1.29 is 0 Å². The number of nitrogens with zero attached hydrogens (tertiary/aromatic N) is 2. The van der Waals surface area contributed by atoms with Gasteiger partial charge in [0.15, 0.2) is 0 Å². The van der Waals surface area contributed by atoms with Crippen molar-refractivity contribution in [3.05, 3.63) is 0 Å². The normalized spacial score (nSPS) is 30.7. The standard InChI is InChI=1S/C9H16N2/c1-8-4-3-5-9(8)11(2)7-6-10/h8-9H,3-5,7H2,1-2H3. The van der Waals surface area contributed by atoms with Gasteiger partial charge in [0, 0.05) is 6.04 Å². The zero-order valence-corrected chi connectivity index (χ0v) is 7.38. The van der Waals surface area contributed by atoms with Crippen LogP contribution in [-0.4, -0.2) is 24.5 Å². The molecule has 0 saturated heterocycles. The molecule has 2 heteroatoms. The fourth-order valence-electron chi connectivity index (χ4n) is 2.01. The van der Waals surface area contributed by atoms with E-state index in [0.29, 0.717) is 12.6 Å². The van der Waals surface area contributed by atoms with Crippen LogP contribution in [0.4, 0.5) is 0 Å². The van der Waals surface area contributed by atoms with Crippen molar-refractivity contribution in [3.8, 4) is 6.07 Å². The molecule has 0 aromatic heterocycles. The average Bonchev–Trinajstić information content (AvgIpc) is 2.36. The lowest BCUT2D eigenvalue weighted by Gasteiger charge is -2.24. The Labute approximate surface area is 68.8 Å². The average molecular weight is 152 g/mol. The summed E-state index contributed by atoms with van der Waals surface area (Å²) < 4.78 is 0. The molecule has 1 aliphatic rings. The number of rotatable bonds is 2. The van der Waals surface area contributed by atoms with Gasteiger partial charge in [-0.2, -0.15) is 5.26 Å². The molecule has 1 saturated carbocycles. The molecule has 0 radical (unpaired) electrons. The lowest BCUT2D eigenvalue weighted by atomic mass is 10.1. The maximum atomic E-state index is 8.49. The van der Waals surface area contributed by atoms with E-state index in [4.69, 9.17) is 5.26 Å². The van der Waals surface area contributed by atoms with Crippen LogP contribution in [0.2, 0.25) is 0 Å². The molecule has 1 rings (SSSR count). The zero-order chi connectivity index (χ0) is 8.27. The minimum absolute atomic E-state index is 0.578. The van der Waals surface area contributed by atoms with Gasteiger partial charge in [0.25, 0.3) is 0 Å². The molecule has 0 N–H and O–H groups in total. The van der Waals surface area contributed by atoms with Crippen molar-refractivity contribution in [2.24, 2.45) is 5.92 Å². The summed E-state index contributed by atoms with van der Waals surface area (Å²) in [7, 11) is 2.05. The molecule has 1 fully saturated rings. The molecule has 2 atom stereocenters. The molecule has 0 aromatic carbocycles. The van der Waals surface area contributed by atoms with E-state index < -0.39 is 0 Å². The maximum absolute atomic E-state index is 8.49. The Morgan fingerprint density at radius 1 is 1.55 bits per heavy atom. The van der Waals surface area contributed by atoms with E-state index in [1.165, 1.54) is 19.3 Å². The van der Waals surface area contributed by atoms with Crippen LogP contribution in [0.5, 0.6) is 0 Å².